The van der Waals surface area contributed by atoms with Crippen LogP contribution < -0.4 is 5.73 Å². The van der Waals surface area contributed by atoms with Crippen molar-refractivity contribution in [2.75, 3.05) is 13.1 Å². The predicted molar refractivity (Wildman–Crippen MR) is 143 cm³/mol. The zero-order valence-electron chi connectivity index (χ0n) is 20.8. The van der Waals surface area contributed by atoms with Crippen LogP contribution in [-0.2, 0) is 11.1 Å². The SMILES string of the molecule is CC(C)(N)c1ccc(C(O)C/C=C/N2CCC(C(O)(c3ccccc3)c3ccccc3)CC2)cc1. The van der Waals surface area contributed by atoms with E-state index in [2.05, 4.69) is 11.1 Å². The summed E-state index contributed by atoms with van der Waals surface area (Å²) in [6.45, 7) is 5.70. The van der Waals surface area contributed by atoms with Gasteiger partial charge in [-0.2, -0.15) is 0 Å². The van der Waals surface area contributed by atoms with Gasteiger partial charge in [0.05, 0.1) is 6.10 Å². The van der Waals surface area contributed by atoms with E-state index in [1.807, 2.05) is 105 Å². The lowest BCUT2D eigenvalue weighted by Gasteiger charge is -2.42. The van der Waals surface area contributed by atoms with Crippen molar-refractivity contribution >= 4 is 0 Å². The smallest absolute Gasteiger partial charge is 0.118 e. The van der Waals surface area contributed by atoms with Crippen molar-refractivity contribution in [2.45, 2.75) is 50.4 Å². The summed E-state index contributed by atoms with van der Waals surface area (Å²) < 4.78 is 0. The number of rotatable bonds is 8. The molecule has 1 atom stereocenters. The lowest BCUT2D eigenvalue weighted by Crippen LogP contribution is -2.43. The van der Waals surface area contributed by atoms with E-state index in [9.17, 15) is 10.2 Å². The summed E-state index contributed by atoms with van der Waals surface area (Å²) in [7, 11) is 0. The minimum absolute atomic E-state index is 0.132. The summed E-state index contributed by atoms with van der Waals surface area (Å²) in [5, 5.41) is 22.6. The molecule has 0 amide bonds. The number of likely N-dealkylation sites (tertiary alicyclic amines) is 1. The van der Waals surface area contributed by atoms with Crippen molar-refractivity contribution in [2.24, 2.45) is 11.7 Å². The van der Waals surface area contributed by atoms with Crippen molar-refractivity contribution in [3.63, 3.8) is 0 Å². The van der Waals surface area contributed by atoms with Gasteiger partial charge < -0.3 is 20.8 Å². The summed E-state index contributed by atoms with van der Waals surface area (Å²) >= 11 is 0. The Bertz CT molecular complexity index is 1040. The van der Waals surface area contributed by atoms with Gasteiger partial charge in [-0.3, -0.25) is 0 Å². The highest BCUT2D eigenvalue weighted by molar-refractivity contribution is 5.37. The Labute approximate surface area is 209 Å². The number of nitrogens with two attached hydrogens (primary N) is 1. The molecule has 3 aromatic carbocycles. The van der Waals surface area contributed by atoms with Crippen LogP contribution in [0.15, 0.2) is 97.2 Å². The molecule has 1 saturated heterocycles. The van der Waals surface area contributed by atoms with Gasteiger partial charge in [0.1, 0.15) is 5.60 Å². The van der Waals surface area contributed by atoms with Crippen molar-refractivity contribution < 1.29 is 10.2 Å². The molecule has 0 bridgehead atoms. The van der Waals surface area contributed by atoms with Gasteiger partial charge in [-0.25, -0.2) is 0 Å². The van der Waals surface area contributed by atoms with Crippen molar-refractivity contribution in [1.82, 2.24) is 4.90 Å². The first-order valence-electron chi connectivity index (χ1n) is 12.6. The highest BCUT2D eigenvalue weighted by atomic mass is 16.3. The topological polar surface area (TPSA) is 69.7 Å². The van der Waals surface area contributed by atoms with Gasteiger partial charge in [0.25, 0.3) is 0 Å². The fraction of sp³-hybridized carbons (Fsp3) is 0.355. The average molecular weight is 471 g/mol. The molecule has 4 rings (SSSR count). The number of aliphatic hydroxyl groups excluding tert-OH is 1. The van der Waals surface area contributed by atoms with Gasteiger partial charge in [0.2, 0.25) is 0 Å². The molecule has 35 heavy (non-hydrogen) atoms. The Balaban J connectivity index is 1.37. The van der Waals surface area contributed by atoms with Crippen LogP contribution in [0.5, 0.6) is 0 Å². The Hall–Kier alpha value is -2.92. The highest BCUT2D eigenvalue weighted by Gasteiger charge is 2.41. The second-order valence-electron chi connectivity index (χ2n) is 10.3. The van der Waals surface area contributed by atoms with E-state index in [1.54, 1.807) is 0 Å². The third-order valence-electron chi connectivity index (χ3n) is 7.26. The maximum Gasteiger partial charge on any atom is 0.118 e. The first-order chi connectivity index (χ1) is 16.8. The molecule has 1 fully saturated rings. The van der Waals surface area contributed by atoms with Gasteiger partial charge >= 0.3 is 0 Å². The maximum absolute atomic E-state index is 12.0. The Morgan fingerprint density at radius 3 is 1.86 bits per heavy atom. The lowest BCUT2D eigenvalue weighted by molar-refractivity contribution is -0.00865. The van der Waals surface area contributed by atoms with Crippen LogP contribution >= 0.6 is 0 Å². The number of benzene rings is 3. The van der Waals surface area contributed by atoms with E-state index in [4.69, 9.17) is 5.73 Å². The third kappa shape index (κ3) is 5.84. The largest absolute Gasteiger partial charge is 0.388 e. The van der Waals surface area contributed by atoms with Crippen molar-refractivity contribution in [1.29, 1.82) is 0 Å². The van der Waals surface area contributed by atoms with Crippen LogP contribution in [0.3, 0.4) is 0 Å². The number of piperidine rings is 1. The molecule has 1 heterocycles. The normalized spacial score (nSPS) is 16.5. The third-order valence-corrected chi connectivity index (χ3v) is 7.26. The summed E-state index contributed by atoms with van der Waals surface area (Å²) in [4.78, 5) is 2.29. The Morgan fingerprint density at radius 2 is 1.37 bits per heavy atom. The van der Waals surface area contributed by atoms with Crippen LogP contribution in [0.2, 0.25) is 0 Å². The van der Waals surface area contributed by atoms with Gasteiger partial charge in [-0.05, 0) is 67.5 Å². The van der Waals surface area contributed by atoms with Crippen LogP contribution in [-0.4, -0.2) is 28.2 Å². The molecular weight excluding hydrogens is 432 g/mol. The molecule has 1 unspecified atom stereocenters. The molecule has 0 aromatic heterocycles. The average Bonchev–Trinajstić information content (AvgIpc) is 2.89. The van der Waals surface area contributed by atoms with Gasteiger partial charge in [0, 0.05) is 18.6 Å². The maximum atomic E-state index is 12.0. The van der Waals surface area contributed by atoms with E-state index in [-0.39, 0.29) is 11.5 Å². The minimum atomic E-state index is -1.00. The zero-order chi connectivity index (χ0) is 24.9. The zero-order valence-corrected chi connectivity index (χ0v) is 20.8. The monoisotopic (exact) mass is 470 g/mol. The number of hydrogen-bond acceptors (Lipinski definition) is 4. The predicted octanol–water partition coefficient (Wildman–Crippen LogP) is 5.47. The molecule has 0 radical (unpaired) electrons. The summed E-state index contributed by atoms with van der Waals surface area (Å²) in [5.41, 5.74) is 8.62. The van der Waals surface area contributed by atoms with Crippen LogP contribution in [0, 0.1) is 5.92 Å². The molecule has 0 spiro atoms. The number of nitrogens with zero attached hydrogens (tertiary/aromatic N) is 1. The van der Waals surface area contributed by atoms with E-state index in [0.29, 0.717) is 6.42 Å². The Morgan fingerprint density at radius 1 is 0.857 bits per heavy atom. The highest BCUT2D eigenvalue weighted by Crippen LogP contribution is 2.42. The Kier molecular flexibility index (Phi) is 7.75. The molecule has 4 heteroatoms. The number of hydrogen-bond donors (Lipinski definition) is 3. The first-order valence-corrected chi connectivity index (χ1v) is 12.6. The lowest BCUT2D eigenvalue weighted by atomic mass is 9.72. The number of aliphatic hydroxyl groups is 2. The molecular formula is C31H38N2O2. The first kappa shape index (κ1) is 25.2. The minimum Gasteiger partial charge on any atom is -0.388 e. The van der Waals surface area contributed by atoms with Crippen LogP contribution in [0.4, 0.5) is 0 Å². The van der Waals surface area contributed by atoms with E-state index in [0.717, 1.165) is 48.2 Å². The standard InChI is InChI=1S/C31H38N2O2/c1-30(2,32)25-17-15-24(16-18-25)29(34)14-9-21-33-22-19-28(20-23-33)31(35,26-10-5-3-6-11-26)27-12-7-4-8-13-27/h3-13,15-18,21,28-29,34-35H,14,19-20,22-23,32H2,1-2H3/b21-9+. The van der Waals surface area contributed by atoms with Gasteiger partial charge in [-0.15, -0.1) is 0 Å². The quantitative estimate of drug-likeness (QED) is 0.409. The van der Waals surface area contributed by atoms with Crippen molar-refractivity contribution in [3.05, 3.63) is 119 Å². The van der Waals surface area contributed by atoms with Crippen molar-refractivity contribution in [3.8, 4) is 0 Å². The molecule has 4 N–H and O–H groups in total. The summed E-state index contributed by atoms with van der Waals surface area (Å²) in [5.74, 6) is 0.132. The van der Waals surface area contributed by atoms with E-state index in [1.165, 1.54) is 0 Å². The second kappa shape index (κ2) is 10.8. The molecule has 4 nitrogen and oxygen atoms in total. The van der Waals surface area contributed by atoms with Crippen LogP contribution in [0.1, 0.15) is 61.5 Å². The molecule has 1 aliphatic rings. The molecule has 0 aliphatic carbocycles. The summed E-state index contributed by atoms with van der Waals surface area (Å²) in [6, 6.07) is 28.0. The summed E-state index contributed by atoms with van der Waals surface area (Å²) in [6.07, 6.45) is 5.95. The second-order valence-corrected chi connectivity index (χ2v) is 10.3. The van der Waals surface area contributed by atoms with Crippen LogP contribution in [0.25, 0.3) is 0 Å². The van der Waals surface area contributed by atoms with Gasteiger partial charge in [-0.1, -0.05) is 91.0 Å². The van der Waals surface area contributed by atoms with E-state index < -0.39 is 11.7 Å². The fourth-order valence-corrected chi connectivity index (χ4v) is 5.10. The molecule has 3 aromatic rings. The molecule has 0 saturated carbocycles. The molecule has 184 valence electrons. The van der Waals surface area contributed by atoms with E-state index >= 15 is 0 Å². The van der Waals surface area contributed by atoms with Gasteiger partial charge in [0.15, 0.2) is 0 Å². The fourth-order valence-electron chi connectivity index (χ4n) is 5.10. The molecule has 1 aliphatic heterocycles.